The lowest BCUT2D eigenvalue weighted by Gasteiger charge is -2.12. The van der Waals surface area contributed by atoms with Crippen molar-refractivity contribution in [3.05, 3.63) is 64.6 Å². The Morgan fingerprint density at radius 1 is 1.10 bits per heavy atom. The van der Waals surface area contributed by atoms with Crippen molar-refractivity contribution in [3.63, 3.8) is 0 Å². The van der Waals surface area contributed by atoms with Crippen LogP contribution < -0.4 is 0 Å². The molecule has 1 atom stereocenters. The summed E-state index contributed by atoms with van der Waals surface area (Å²) in [6.07, 6.45) is 2.29. The Balaban J connectivity index is 1.56. The standard InChI is InChI=1S/C21H18N4O3S/c1-11-16(14-7-4-5-8-15(14)24-11)17(26)13(3)28-21(27)18-12(2)25-20(29-18)19-22-9-6-10-23-19/h4-10,13,24H,1-3H3. The molecule has 0 aliphatic heterocycles. The number of para-hydroxylation sites is 1. The van der Waals surface area contributed by atoms with E-state index in [1.807, 2.05) is 31.2 Å². The fourth-order valence-corrected chi connectivity index (χ4v) is 4.05. The molecule has 8 heteroatoms. The van der Waals surface area contributed by atoms with E-state index in [1.165, 1.54) is 0 Å². The number of hydrogen-bond acceptors (Lipinski definition) is 7. The van der Waals surface area contributed by atoms with E-state index in [4.69, 9.17) is 4.74 Å². The van der Waals surface area contributed by atoms with Crippen LogP contribution >= 0.6 is 11.3 Å². The van der Waals surface area contributed by atoms with Crippen LogP contribution in [-0.2, 0) is 4.74 Å². The number of nitrogens with one attached hydrogen (secondary N) is 1. The Bertz CT molecular complexity index is 1210. The molecule has 0 amide bonds. The number of benzene rings is 1. The van der Waals surface area contributed by atoms with Gasteiger partial charge in [-0.2, -0.15) is 0 Å². The van der Waals surface area contributed by atoms with Crippen LogP contribution in [0.25, 0.3) is 21.7 Å². The Labute approximate surface area is 170 Å². The highest BCUT2D eigenvalue weighted by Gasteiger charge is 2.27. The van der Waals surface area contributed by atoms with E-state index in [9.17, 15) is 9.59 Å². The summed E-state index contributed by atoms with van der Waals surface area (Å²) in [6.45, 7) is 5.14. The number of carbonyl (C=O) groups is 2. The van der Waals surface area contributed by atoms with Crippen LogP contribution in [0.2, 0.25) is 0 Å². The van der Waals surface area contributed by atoms with E-state index in [0.717, 1.165) is 27.9 Å². The zero-order chi connectivity index (χ0) is 20.5. The highest BCUT2D eigenvalue weighted by atomic mass is 32.1. The number of fused-ring (bicyclic) bond motifs is 1. The second-order valence-electron chi connectivity index (χ2n) is 6.59. The molecule has 0 radical (unpaired) electrons. The van der Waals surface area contributed by atoms with Gasteiger partial charge in [0.15, 0.2) is 16.9 Å². The quantitative estimate of drug-likeness (QED) is 0.395. The van der Waals surface area contributed by atoms with Crippen LogP contribution in [0.1, 0.15) is 38.3 Å². The number of ether oxygens (including phenoxy) is 1. The summed E-state index contributed by atoms with van der Waals surface area (Å²) in [5.41, 5.74) is 2.68. The number of carbonyl (C=O) groups excluding carboxylic acids is 2. The molecular weight excluding hydrogens is 388 g/mol. The fraction of sp³-hybridized carbons (Fsp3) is 0.190. The minimum absolute atomic E-state index is 0.248. The number of aromatic amines is 1. The molecule has 3 heterocycles. The van der Waals surface area contributed by atoms with Gasteiger partial charge in [0.2, 0.25) is 5.78 Å². The molecule has 1 unspecified atom stereocenters. The van der Waals surface area contributed by atoms with Crippen molar-refractivity contribution in [3.8, 4) is 10.8 Å². The van der Waals surface area contributed by atoms with Gasteiger partial charge >= 0.3 is 5.97 Å². The summed E-state index contributed by atoms with van der Waals surface area (Å²) in [7, 11) is 0. The third-order valence-electron chi connectivity index (χ3n) is 4.53. The van der Waals surface area contributed by atoms with Gasteiger partial charge in [-0.1, -0.05) is 18.2 Å². The second kappa shape index (κ2) is 7.56. The number of aromatic nitrogens is 4. The summed E-state index contributed by atoms with van der Waals surface area (Å²) in [5.74, 6) is -0.388. The van der Waals surface area contributed by atoms with E-state index in [-0.39, 0.29) is 5.78 Å². The van der Waals surface area contributed by atoms with Crippen LogP contribution in [0.3, 0.4) is 0 Å². The van der Waals surface area contributed by atoms with Crippen LogP contribution in [0.4, 0.5) is 0 Å². The van der Waals surface area contributed by atoms with Gasteiger partial charge in [0.25, 0.3) is 0 Å². The maximum atomic E-state index is 13.0. The molecule has 0 saturated carbocycles. The highest BCUT2D eigenvalue weighted by Crippen LogP contribution is 2.27. The molecule has 29 heavy (non-hydrogen) atoms. The number of esters is 1. The van der Waals surface area contributed by atoms with Crippen molar-refractivity contribution in [1.29, 1.82) is 0 Å². The summed E-state index contributed by atoms with van der Waals surface area (Å²) < 4.78 is 5.48. The third kappa shape index (κ3) is 3.54. The lowest BCUT2D eigenvalue weighted by molar-refractivity contribution is 0.0323. The summed E-state index contributed by atoms with van der Waals surface area (Å²) >= 11 is 1.15. The first kappa shape index (κ1) is 18.9. The average molecular weight is 406 g/mol. The molecule has 4 rings (SSSR count). The minimum Gasteiger partial charge on any atom is -0.450 e. The van der Waals surface area contributed by atoms with Crippen LogP contribution in [0, 0.1) is 13.8 Å². The number of aryl methyl sites for hydroxylation is 2. The predicted molar refractivity (Wildman–Crippen MR) is 110 cm³/mol. The Kier molecular flexibility index (Phi) is 4.94. The van der Waals surface area contributed by atoms with Crippen molar-refractivity contribution in [1.82, 2.24) is 19.9 Å². The maximum absolute atomic E-state index is 13.0. The smallest absolute Gasteiger partial charge is 0.350 e. The molecule has 0 bridgehead atoms. The Morgan fingerprint density at radius 2 is 1.83 bits per heavy atom. The van der Waals surface area contributed by atoms with Gasteiger partial charge in [-0.05, 0) is 32.9 Å². The molecule has 1 aromatic carbocycles. The van der Waals surface area contributed by atoms with Gasteiger partial charge in [-0.3, -0.25) is 4.79 Å². The molecular formula is C21H18N4O3S. The predicted octanol–water partition coefficient (Wildman–Crippen LogP) is 4.13. The average Bonchev–Trinajstić information content (AvgIpc) is 3.27. The Morgan fingerprint density at radius 3 is 2.59 bits per heavy atom. The number of Topliss-reactive ketones (excluding diaryl/α,β-unsaturated/α-hetero) is 1. The molecule has 4 aromatic rings. The highest BCUT2D eigenvalue weighted by molar-refractivity contribution is 7.16. The molecule has 0 aliphatic carbocycles. The monoisotopic (exact) mass is 406 g/mol. The van der Waals surface area contributed by atoms with E-state index in [0.29, 0.717) is 27.0 Å². The fourth-order valence-electron chi connectivity index (χ4n) is 3.16. The van der Waals surface area contributed by atoms with Gasteiger partial charge < -0.3 is 9.72 Å². The van der Waals surface area contributed by atoms with E-state index < -0.39 is 12.1 Å². The number of hydrogen-bond donors (Lipinski definition) is 1. The van der Waals surface area contributed by atoms with Crippen molar-refractivity contribution in [2.24, 2.45) is 0 Å². The van der Waals surface area contributed by atoms with Crippen molar-refractivity contribution in [2.45, 2.75) is 26.9 Å². The number of rotatable bonds is 5. The first-order valence-electron chi connectivity index (χ1n) is 9.03. The molecule has 3 aromatic heterocycles. The first-order chi connectivity index (χ1) is 14.0. The number of H-pyrrole nitrogens is 1. The van der Waals surface area contributed by atoms with E-state index >= 15 is 0 Å². The van der Waals surface area contributed by atoms with E-state index in [2.05, 4.69) is 19.9 Å². The van der Waals surface area contributed by atoms with Crippen LogP contribution in [0.5, 0.6) is 0 Å². The zero-order valence-electron chi connectivity index (χ0n) is 16.1. The number of nitrogens with zero attached hydrogens (tertiary/aromatic N) is 3. The molecule has 7 nitrogen and oxygen atoms in total. The number of ketones is 1. The van der Waals surface area contributed by atoms with Gasteiger partial charge in [0, 0.05) is 34.6 Å². The third-order valence-corrected chi connectivity index (χ3v) is 5.67. The molecule has 1 N–H and O–H groups in total. The lowest BCUT2D eigenvalue weighted by atomic mass is 10.0. The summed E-state index contributed by atoms with van der Waals surface area (Å²) in [5, 5.41) is 1.34. The summed E-state index contributed by atoms with van der Waals surface area (Å²) in [4.78, 5) is 41.9. The van der Waals surface area contributed by atoms with Gasteiger partial charge in [-0.25, -0.2) is 19.7 Å². The lowest BCUT2D eigenvalue weighted by Crippen LogP contribution is -2.24. The van der Waals surface area contributed by atoms with Gasteiger partial charge in [-0.15, -0.1) is 11.3 Å². The van der Waals surface area contributed by atoms with Crippen LogP contribution in [-0.4, -0.2) is 37.8 Å². The Hall–Kier alpha value is -3.39. The number of thiazole rings is 1. The molecule has 0 aliphatic rings. The summed E-state index contributed by atoms with van der Waals surface area (Å²) in [6, 6.07) is 9.26. The molecule has 0 spiro atoms. The van der Waals surface area contributed by atoms with E-state index in [1.54, 1.807) is 32.3 Å². The topological polar surface area (TPSA) is 97.8 Å². The van der Waals surface area contributed by atoms with Gasteiger partial charge in [0.05, 0.1) is 5.69 Å². The van der Waals surface area contributed by atoms with Crippen LogP contribution in [0.15, 0.2) is 42.7 Å². The molecule has 0 saturated heterocycles. The normalized spacial score (nSPS) is 12.1. The largest absolute Gasteiger partial charge is 0.450 e. The van der Waals surface area contributed by atoms with Crippen molar-refractivity contribution < 1.29 is 14.3 Å². The SMILES string of the molecule is Cc1nc(-c2ncccn2)sc1C(=O)OC(C)C(=O)c1c(C)[nH]c2ccccc12. The maximum Gasteiger partial charge on any atom is 0.350 e. The minimum atomic E-state index is -0.932. The first-order valence-corrected chi connectivity index (χ1v) is 9.84. The zero-order valence-corrected chi connectivity index (χ0v) is 16.9. The molecule has 146 valence electrons. The van der Waals surface area contributed by atoms with Gasteiger partial charge in [0.1, 0.15) is 4.88 Å². The van der Waals surface area contributed by atoms with Crippen molar-refractivity contribution in [2.75, 3.05) is 0 Å². The molecule has 0 fully saturated rings. The second-order valence-corrected chi connectivity index (χ2v) is 7.59. The van der Waals surface area contributed by atoms with Crippen molar-refractivity contribution >= 4 is 34.0 Å².